The first kappa shape index (κ1) is 13.2. The minimum Gasteiger partial charge on any atom is -0.490 e. The first-order valence-corrected chi connectivity index (χ1v) is 7.87. The molecule has 0 saturated carbocycles. The summed E-state index contributed by atoms with van der Waals surface area (Å²) in [5.74, 6) is 3.07. The fourth-order valence-corrected chi connectivity index (χ4v) is 3.12. The van der Waals surface area contributed by atoms with E-state index in [1.165, 1.54) is 0 Å². The van der Waals surface area contributed by atoms with Crippen molar-refractivity contribution >= 4 is 27.7 Å². The summed E-state index contributed by atoms with van der Waals surface area (Å²) >= 11 is 5.33. The van der Waals surface area contributed by atoms with Crippen molar-refractivity contribution in [1.29, 1.82) is 0 Å². The molecule has 2 nitrogen and oxygen atoms in total. The van der Waals surface area contributed by atoms with E-state index in [1.54, 1.807) is 0 Å². The largest absolute Gasteiger partial charge is 0.490 e. The topological polar surface area (TPSA) is 29.5 Å². The van der Waals surface area contributed by atoms with E-state index in [4.69, 9.17) is 4.74 Å². The molecular weight excluding hydrogens is 300 g/mol. The van der Waals surface area contributed by atoms with Crippen LogP contribution in [0.5, 0.6) is 5.75 Å². The maximum absolute atomic E-state index is 10.1. The molecule has 2 rings (SSSR count). The molecule has 1 heterocycles. The molecule has 1 N–H and O–H groups in total. The van der Waals surface area contributed by atoms with Crippen LogP contribution in [0, 0.1) is 0 Å². The minimum absolute atomic E-state index is 0.151. The van der Waals surface area contributed by atoms with E-state index in [1.807, 2.05) is 30.0 Å². The van der Waals surface area contributed by atoms with Gasteiger partial charge in [-0.25, -0.2) is 0 Å². The van der Waals surface area contributed by atoms with Crippen LogP contribution in [-0.2, 0) is 0 Å². The fraction of sp³-hybridized carbons (Fsp3) is 0.538. The molecule has 0 saturated heterocycles. The van der Waals surface area contributed by atoms with Gasteiger partial charge in [-0.05, 0) is 36.1 Å². The molecule has 94 valence electrons. The average Bonchev–Trinajstić information content (AvgIpc) is 2.31. The summed E-state index contributed by atoms with van der Waals surface area (Å²) in [6.07, 6.45) is 1.46. The summed E-state index contributed by atoms with van der Waals surface area (Å²) in [5, 5.41) is 10.1. The van der Waals surface area contributed by atoms with Gasteiger partial charge in [0.1, 0.15) is 11.9 Å². The summed E-state index contributed by atoms with van der Waals surface area (Å²) in [4.78, 5) is 0. The predicted octanol–water partition coefficient (Wildman–Crippen LogP) is 3.78. The third-order valence-corrected chi connectivity index (χ3v) is 4.32. The molecule has 0 fully saturated rings. The molecule has 0 amide bonds. The van der Waals surface area contributed by atoms with Crippen LogP contribution in [0.3, 0.4) is 0 Å². The molecule has 1 aromatic rings. The third-order valence-electron chi connectivity index (χ3n) is 2.90. The van der Waals surface area contributed by atoms with Crippen LogP contribution in [0.25, 0.3) is 0 Å². The molecule has 0 aliphatic carbocycles. The summed E-state index contributed by atoms with van der Waals surface area (Å²) in [5.41, 5.74) is 0.902. The molecule has 1 aliphatic heterocycles. The van der Waals surface area contributed by atoms with Gasteiger partial charge in [-0.15, -0.1) is 0 Å². The highest BCUT2D eigenvalue weighted by Crippen LogP contribution is 2.37. The van der Waals surface area contributed by atoms with Crippen molar-refractivity contribution in [1.82, 2.24) is 0 Å². The first-order valence-electron chi connectivity index (χ1n) is 5.92. The Morgan fingerprint density at radius 2 is 2.35 bits per heavy atom. The number of ether oxygens (including phenoxy) is 1. The summed E-state index contributed by atoms with van der Waals surface area (Å²) < 4.78 is 6.89. The van der Waals surface area contributed by atoms with E-state index in [9.17, 15) is 5.11 Å². The molecule has 0 spiro atoms. The number of hydrogen-bond acceptors (Lipinski definition) is 3. The van der Waals surface area contributed by atoms with E-state index >= 15 is 0 Å². The number of aliphatic hydroxyl groups is 1. The fourth-order valence-electron chi connectivity index (χ4n) is 2.03. The van der Waals surface area contributed by atoms with Crippen LogP contribution in [-0.4, -0.2) is 22.7 Å². The van der Waals surface area contributed by atoms with E-state index in [0.29, 0.717) is 6.42 Å². The summed E-state index contributed by atoms with van der Waals surface area (Å²) in [6, 6.07) is 5.83. The van der Waals surface area contributed by atoms with Crippen molar-refractivity contribution < 1.29 is 9.84 Å². The smallest absolute Gasteiger partial charge is 0.125 e. The van der Waals surface area contributed by atoms with Gasteiger partial charge in [0.2, 0.25) is 0 Å². The monoisotopic (exact) mass is 316 g/mol. The van der Waals surface area contributed by atoms with Gasteiger partial charge in [0.05, 0.1) is 6.10 Å². The Kier molecular flexibility index (Phi) is 4.77. The maximum Gasteiger partial charge on any atom is 0.125 e. The van der Waals surface area contributed by atoms with Crippen LogP contribution in [0.1, 0.15) is 31.4 Å². The van der Waals surface area contributed by atoms with Crippen LogP contribution >= 0.6 is 27.7 Å². The number of rotatable bonds is 4. The number of thioether (sulfide) groups is 1. The molecule has 1 unspecified atom stereocenters. The molecule has 1 aromatic carbocycles. The highest BCUT2D eigenvalue weighted by molar-refractivity contribution is 9.10. The third kappa shape index (κ3) is 3.39. The number of halogens is 1. The van der Waals surface area contributed by atoms with Crippen molar-refractivity contribution in [3.63, 3.8) is 0 Å². The lowest BCUT2D eigenvalue weighted by Gasteiger charge is -2.29. The van der Waals surface area contributed by atoms with E-state index in [2.05, 4.69) is 22.9 Å². The summed E-state index contributed by atoms with van der Waals surface area (Å²) in [7, 11) is 0. The SMILES string of the molecule is CCSCCC1C[C@H](O)c2cc(Br)ccc2O1. The van der Waals surface area contributed by atoms with Crippen molar-refractivity contribution in [2.45, 2.75) is 32.0 Å². The minimum atomic E-state index is -0.395. The lowest BCUT2D eigenvalue weighted by atomic mass is 9.98. The van der Waals surface area contributed by atoms with Crippen molar-refractivity contribution in [2.24, 2.45) is 0 Å². The molecule has 2 atom stereocenters. The van der Waals surface area contributed by atoms with Crippen molar-refractivity contribution in [3.05, 3.63) is 28.2 Å². The Morgan fingerprint density at radius 3 is 3.12 bits per heavy atom. The quantitative estimate of drug-likeness (QED) is 0.857. The second-order valence-corrected chi connectivity index (χ2v) is 6.47. The molecule has 0 bridgehead atoms. The Hall–Kier alpha value is -0.190. The Labute approximate surface area is 115 Å². The van der Waals surface area contributed by atoms with Gasteiger partial charge in [-0.1, -0.05) is 22.9 Å². The van der Waals surface area contributed by atoms with E-state index < -0.39 is 6.10 Å². The number of benzene rings is 1. The van der Waals surface area contributed by atoms with Gasteiger partial charge in [0, 0.05) is 16.5 Å². The lowest BCUT2D eigenvalue weighted by Crippen LogP contribution is -2.26. The molecule has 4 heteroatoms. The summed E-state index contributed by atoms with van der Waals surface area (Å²) in [6.45, 7) is 2.16. The van der Waals surface area contributed by atoms with Gasteiger partial charge >= 0.3 is 0 Å². The second-order valence-electron chi connectivity index (χ2n) is 4.16. The van der Waals surface area contributed by atoms with E-state index in [-0.39, 0.29) is 6.10 Å². The van der Waals surface area contributed by atoms with Gasteiger partial charge in [-0.3, -0.25) is 0 Å². The molecule has 0 aromatic heterocycles. The zero-order chi connectivity index (χ0) is 12.3. The zero-order valence-corrected chi connectivity index (χ0v) is 12.3. The van der Waals surface area contributed by atoms with Gasteiger partial charge in [-0.2, -0.15) is 11.8 Å². The molecular formula is C13H17BrO2S. The highest BCUT2D eigenvalue weighted by Gasteiger charge is 2.26. The van der Waals surface area contributed by atoms with Crippen LogP contribution in [0.2, 0.25) is 0 Å². The normalized spacial score (nSPS) is 23.0. The lowest BCUT2D eigenvalue weighted by molar-refractivity contribution is 0.0648. The van der Waals surface area contributed by atoms with Crippen LogP contribution in [0.4, 0.5) is 0 Å². The molecule has 17 heavy (non-hydrogen) atoms. The Morgan fingerprint density at radius 1 is 1.53 bits per heavy atom. The number of fused-ring (bicyclic) bond motifs is 1. The zero-order valence-electron chi connectivity index (χ0n) is 9.86. The Balaban J connectivity index is 2.03. The standard InChI is InChI=1S/C13H17BrO2S/c1-2-17-6-5-10-8-12(15)11-7-9(14)3-4-13(11)16-10/h3-4,7,10,12,15H,2,5-6,8H2,1H3/t10?,12-/m0/s1. The number of aliphatic hydroxyl groups excluding tert-OH is 1. The van der Waals surface area contributed by atoms with Crippen LogP contribution < -0.4 is 4.74 Å². The average molecular weight is 317 g/mol. The van der Waals surface area contributed by atoms with Gasteiger partial charge < -0.3 is 9.84 Å². The van der Waals surface area contributed by atoms with Crippen molar-refractivity contribution in [3.8, 4) is 5.75 Å². The second kappa shape index (κ2) is 6.12. The maximum atomic E-state index is 10.1. The number of hydrogen-bond donors (Lipinski definition) is 1. The highest BCUT2D eigenvalue weighted by atomic mass is 79.9. The molecule has 1 aliphatic rings. The Bertz CT molecular complexity index is 384. The van der Waals surface area contributed by atoms with Crippen molar-refractivity contribution in [2.75, 3.05) is 11.5 Å². The van der Waals surface area contributed by atoms with Gasteiger partial charge in [0.15, 0.2) is 0 Å². The first-order chi connectivity index (χ1) is 8.20. The predicted molar refractivity (Wildman–Crippen MR) is 75.8 cm³/mol. The van der Waals surface area contributed by atoms with E-state index in [0.717, 1.165) is 33.7 Å². The molecule has 0 radical (unpaired) electrons. The van der Waals surface area contributed by atoms with Crippen LogP contribution in [0.15, 0.2) is 22.7 Å². The van der Waals surface area contributed by atoms with Gasteiger partial charge in [0.25, 0.3) is 0 Å².